The molecule has 1 aromatic rings. The highest BCUT2D eigenvalue weighted by atomic mass is 32.1. The molecule has 0 N–H and O–H groups in total. The number of carbonyl (C=O) groups is 2. The number of thiophene rings is 1. The molecule has 0 radical (unpaired) electrons. The number of rotatable bonds is 5. The smallest absolute Gasteiger partial charge is 0.410 e. The molecular formula is C14H21NO3S. The number of hydrogen-bond acceptors (Lipinski definition) is 4. The number of aryl methyl sites for hydroxylation is 1. The van der Waals surface area contributed by atoms with Crippen LogP contribution in [-0.4, -0.2) is 36.0 Å². The van der Waals surface area contributed by atoms with Crippen molar-refractivity contribution in [3.63, 3.8) is 0 Å². The quantitative estimate of drug-likeness (QED) is 0.780. The highest BCUT2D eigenvalue weighted by Crippen LogP contribution is 2.14. The van der Waals surface area contributed by atoms with Crippen LogP contribution in [0.3, 0.4) is 0 Å². The van der Waals surface area contributed by atoms with E-state index in [2.05, 4.69) is 5.38 Å². The van der Waals surface area contributed by atoms with Crippen molar-refractivity contribution in [1.82, 2.24) is 4.90 Å². The van der Waals surface area contributed by atoms with E-state index in [9.17, 15) is 9.59 Å². The maximum Gasteiger partial charge on any atom is 0.410 e. The first-order chi connectivity index (χ1) is 8.83. The molecular weight excluding hydrogens is 262 g/mol. The van der Waals surface area contributed by atoms with E-state index < -0.39 is 17.7 Å². The van der Waals surface area contributed by atoms with Gasteiger partial charge in [0.25, 0.3) is 0 Å². The minimum absolute atomic E-state index is 0.449. The highest BCUT2D eigenvalue weighted by Gasteiger charge is 2.24. The third kappa shape index (κ3) is 5.42. The van der Waals surface area contributed by atoms with Crippen molar-refractivity contribution < 1.29 is 14.3 Å². The van der Waals surface area contributed by atoms with Gasteiger partial charge in [-0.1, -0.05) is 0 Å². The van der Waals surface area contributed by atoms with E-state index in [1.165, 1.54) is 10.5 Å². The van der Waals surface area contributed by atoms with Gasteiger partial charge in [0.05, 0.1) is 6.04 Å². The molecule has 0 aliphatic rings. The molecule has 1 heterocycles. The van der Waals surface area contributed by atoms with Crippen LogP contribution in [0, 0.1) is 0 Å². The van der Waals surface area contributed by atoms with Crippen LogP contribution in [0.2, 0.25) is 0 Å². The Kier molecular flexibility index (Phi) is 5.54. The molecule has 0 aromatic carbocycles. The average molecular weight is 283 g/mol. The lowest BCUT2D eigenvalue weighted by molar-refractivity contribution is -0.112. The van der Waals surface area contributed by atoms with Gasteiger partial charge in [0.2, 0.25) is 0 Å². The molecule has 4 nitrogen and oxygen atoms in total. The molecule has 1 rings (SSSR count). The number of carbonyl (C=O) groups excluding carboxylic acids is 2. The molecule has 0 aliphatic heterocycles. The third-order valence-electron chi connectivity index (χ3n) is 2.64. The molecule has 0 bridgehead atoms. The van der Waals surface area contributed by atoms with E-state index >= 15 is 0 Å². The largest absolute Gasteiger partial charge is 0.444 e. The summed E-state index contributed by atoms with van der Waals surface area (Å²) in [6, 6.07) is 1.58. The van der Waals surface area contributed by atoms with E-state index in [1.807, 2.05) is 11.4 Å². The van der Waals surface area contributed by atoms with Crippen LogP contribution in [-0.2, 0) is 16.0 Å². The topological polar surface area (TPSA) is 46.6 Å². The molecule has 1 amide bonds. The minimum atomic E-state index is -0.549. The van der Waals surface area contributed by atoms with Gasteiger partial charge in [-0.05, 0) is 56.0 Å². The number of likely N-dealkylation sites (N-methyl/N-ethyl adjacent to an activating group) is 1. The highest BCUT2D eigenvalue weighted by molar-refractivity contribution is 7.07. The monoisotopic (exact) mass is 283 g/mol. The molecule has 0 aliphatic carbocycles. The van der Waals surface area contributed by atoms with Crippen LogP contribution in [0.25, 0.3) is 0 Å². The minimum Gasteiger partial charge on any atom is -0.444 e. The Bertz CT molecular complexity index is 409. The first kappa shape index (κ1) is 15.7. The third-order valence-corrected chi connectivity index (χ3v) is 3.38. The second-order valence-electron chi connectivity index (χ2n) is 5.46. The van der Waals surface area contributed by atoms with E-state index in [-0.39, 0.29) is 0 Å². The Hall–Kier alpha value is -1.36. The van der Waals surface area contributed by atoms with E-state index in [1.54, 1.807) is 39.2 Å². The molecule has 1 atom stereocenters. The number of ether oxygens (including phenoxy) is 1. The molecule has 5 heteroatoms. The van der Waals surface area contributed by atoms with Crippen molar-refractivity contribution in [3.8, 4) is 0 Å². The first-order valence-electron chi connectivity index (χ1n) is 6.25. The normalized spacial score (nSPS) is 12.8. The maximum absolute atomic E-state index is 11.9. The molecule has 106 valence electrons. The zero-order valence-corrected chi connectivity index (χ0v) is 12.7. The molecule has 1 aromatic heterocycles. The summed E-state index contributed by atoms with van der Waals surface area (Å²) in [7, 11) is 1.60. The first-order valence-corrected chi connectivity index (χ1v) is 7.20. The Morgan fingerprint density at radius 1 is 1.53 bits per heavy atom. The summed E-state index contributed by atoms with van der Waals surface area (Å²) in [5.74, 6) is 0. The Balaban J connectivity index is 2.53. The SMILES string of the molecule is CN(C(=O)OC(C)(C)C)C(C=O)CCc1ccsc1. The van der Waals surface area contributed by atoms with Crippen LogP contribution in [0.5, 0.6) is 0 Å². The number of nitrogens with zero attached hydrogens (tertiary/aromatic N) is 1. The van der Waals surface area contributed by atoms with Gasteiger partial charge >= 0.3 is 6.09 Å². The van der Waals surface area contributed by atoms with Gasteiger partial charge in [-0.2, -0.15) is 11.3 Å². The molecule has 0 saturated heterocycles. The summed E-state index contributed by atoms with van der Waals surface area (Å²) >= 11 is 1.63. The Morgan fingerprint density at radius 2 is 2.21 bits per heavy atom. The van der Waals surface area contributed by atoms with E-state index in [4.69, 9.17) is 4.74 Å². The fourth-order valence-corrected chi connectivity index (χ4v) is 2.27. The number of aldehydes is 1. The number of hydrogen-bond donors (Lipinski definition) is 0. The van der Waals surface area contributed by atoms with Gasteiger partial charge in [0.15, 0.2) is 0 Å². The lowest BCUT2D eigenvalue weighted by Gasteiger charge is -2.27. The van der Waals surface area contributed by atoms with Crippen molar-refractivity contribution in [2.45, 2.75) is 45.3 Å². The van der Waals surface area contributed by atoms with Crippen LogP contribution in [0.1, 0.15) is 32.8 Å². The predicted octanol–water partition coefficient (Wildman–Crippen LogP) is 3.12. The number of amides is 1. The molecule has 0 saturated carbocycles. The van der Waals surface area contributed by atoms with Gasteiger partial charge in [-0.15, -0.1) is 0 Å². The molecule has 0 spiro atoms. The Labute approximate surface area is 118 Å². The van der Waals surface area contributed by atoms with Gasteiger partial charge in [-0.3, -0.25) is 0 Å². The summed E-state index contributed by atoms with van der Waals surface area (Å²) in [5, 5.41) is 4.05. The predicted molar refractivity (Wildman–Crippen MR) is 76.5 cm³/mol. The van der Waals surface area contributed by atoms with Crippen molar-refractivity contribution >= 4 is 23.7 Å². The van der Waals surface area contributed by atoms with Crippen LogP contribution < -0.4 is 0 Å². The van der Waals surface area contributed by atoms with Crippen LogP contribution in [0.4, 0.5) is 4.79 Å². The maximum atomic E-state index is 11.9. The zero-order valence-electron chi connectivity index (χ0n) is 11.9. The van der Waals surface area contributed by atoms with Crippen molar-refractivity contribution in [3.05, 3.63) is 22.4 Å². The van der Waals surface area contributed by atoms with Crippen molar-refractivity contribution in [2.75, 3.05) is 7.05 Å². The molecule has 19 heavy (non-hydrogen) atoms. The zero-order chi connectivity index (χ0) is 14.5. The summed E-state index contributed by atoms with van der Waals surface area (Å²) in [6.07, 6.45) is 1.72. The summed E-state index contributed by atoms with van der Waals surface area (Å²) in [6.45, 7) is 5.42. The van der Waals surface area contributed by atoms with Gasteiger partial charge in [0, 0.05) is 7.05 Å². The standard InChI is InChI=1S/C14H21NO3S/c1-14(2,3)18-13(17)15(4)12(9-16)6-5-11-7-8-19-10-11/h7-10,12H,5-6H2,1-4H3. The lowest BCUT2D eigenvalue weighted by Crippen LogP contribution is -2.41. The van der Waals surface area contributed by atoms with Gasteiger partial charge in [-0.25, -0.2) is 4.79 Å². The Morgan fingerprint density at radius 3 is 2.68 bits per heavy atom. The van der Waals surface area contributed by atoms with Gasteiger partial charge < -0.3 is 14.4 Å². The summed E-state index contributed by atoms with van der Waals surface area (Å²) in [4.78, 5) is 24.4. The van der Waals surface area contributed by atoms with Crippen LogP contribution in [0.15, 0.2) is 16.8 Å². The summed E-state index contributed by atoms with van der Waals surface area (Å²) < 4.78 is 5.25. The second kappa shape index (κ2) is 6.70. The lowest BCUT2D eigenvalue weighted by atomic mass is 10.1. The summed E-state index contributed by atoms with van der Waals surface area (Å²) in [5.41, 5.74) is 0.640. The van der Waals surface area contributed by atoms with Crippen molar-refractivity contribution in [2.24, 2.45) is 0 Å². The fourth-order valence-electron chi connectivity index (χ4n) is 1.57. The fraction of sp³-hybridized carbons (Fsp3) is 0.571. The van der Waals surface area contributed by atoms with Gasteiger partial charge in [0.1, 0.15) is 11.9 Å². The molecule has 0 fully saturated rings. The molecule has 1 unspecified atom stereocenters. The van der Waals surface area contributed by atoms with E-state index in [0.717, 1.165) is 12.7 Å². The van der Waals surface area contributed by atoms with E-state index in [0.29, 0.717) is 6.42 Å². The van der Waals surface area contributed by atoms with Crippen LogP contribution >= 0.6 is 11.3 Å². The second-order valence-corrected chi connectivity index (χ2v) is 6.24. The average Bonchev–Trinajstić information content (AvgIpc) is 2.80. The van der Waals surface area contributed by atoms with Crippen molar-refractivity contribution in [1.29, 1.82) is 0 Å².